The predicted molar refractivity (Wildman–Crippen MR) is 96.7 cm³/mol. The van der Waals surface area contributed by atoms with Crippen molar-refractivity contribution in [1.82, 2.24) is 34.5 Å². The zero-order chi connectivity index (χ0) is 18.7. The van der Waals surface area contributed by atoms with Crippen LogP contribution in [0.5, 0.6) is 0 Å². The molecule has 10 heteroatoms. The van der Waals surface area contributed by atoms with Gasteiger partial charge in [-0.3, -0.25) is 4.98 Å². The molecule has 4 aromatic rings. The molecule has 27 heavy (non-hydrogen) atoms. The molecule has 9 nitrogen and oxygen atoms in total. The van der Waals surface area contributed by atoms with Crippen molar-refractivity contribution in [2.45, 2.75) is 11.4 Å². The molecule has 4 rings (SSSR count). The standard InChI is InChI=1S/C17H15N7O2S/c25-27(26,17-4-2-15(3-5-17)23-11-1-8-19-23)20-12-14-13-24(22-21-14)16-6-9-18-10-7-16/h1-11,13,20H,12H2. The molecule has 3 aromatic heterocycles. The van der Waals surface area contributed by atoms with Crippen molar-refractivity contribution in [3.63, 3.8) is 0 Å². The summed E-state index contributed by atoms with van der Waals surface area (Å²) in [6.07, 6.45) is 8.40. The molecule has 0 amide bonds. The molecule has 0 aliphatic heterocycles. The van der Waals surface area contributed by atoms with E-state index in [2.05, 4.69) is 25.1 Å². The molecule has 0 fully saturated rings. The topological polar surface area (TPSA) is 108 Å². The molecule has 1 N–H and O–H groups in total. The Kier molecular flexibility index (Phi) is 4.48. The summed E-state index contributed by atoms with van der Waals surface area (Å²) < 4.78 is 30.7. The lowest BCUT2D eigenvalue weighted by atomic mass is 10.3. The summed E-state index contributed by atoms with van der Waals surface area (Å²) in [5.41, 5.74) is 2.07. The minimum Gasteiger partial charge on any atom is -0.265 e. The summed E-state index contributed by atoms with van der Waals surface area (Å²) in [5.74, 6) is 0. The van der Waals surface area contributed by atoms with Crippen molar-refractivity contribution in [2.24, 2.45) is 0 Å². The van der Waals surface area contributed by atoms with Gasteiger partial charge in [0.25, 0.3) is 0 Å². The van der Waals surface area contributed by atoms with Crippen LogP contribution in [0.1, 0.15) is 5.69 Å². The Bertz CT molecular complexity index is 1120. The third-order valence-corrected chi connectivity index (χ3v) is 5.24. The molecule has 0 saturated carbocycles. The van der Waals surface area contributed by atoms with Gasteiger partial charge in [-0.25, -0.2) is 22.5 Å². The Morgan fingerprint density at radius 2 is 1.67 bits per heavy atom. The van der Waals surface area contributed by atoms with Crippen molar-refractivity contribution in [3.05, 3.63) is 79.1 Å². The van der Waals surface area contributed by atoms with E-state index < -0.39 is 10.0 Å². The summed E-state index contributed by atoms with van der Waals surface area (Å²) in [7, 11) is -3.67. The van der Waals surface area contributed by atoms with E-state index in [4.69, 9.17) is 0 Å². The van der Waals surface area contributed by atoms with Crippen molar-refractivity contribution < 1.29 is 8.42 Å². The lowest BCUT2D eigenvalue weighted by molar-refractivity contribution is 0.580. The number of hydrogen-bond donors (Lipinski definition) is 1. The molecule has 0 saturated heterocycles. The lowest BCUT2D eigenvalue weighted by Crippen LogP contribution is -2.23. The minimum absolute atomic E-state index is 0.0360. The van der Waals surface area contributed by atoms with E-state index >= 15 is 0 Å². The van der Waals surface area contributed by atoms with Gasteiger partial charge in [0.05, 0.1) is 34.7 Å². The van der Waals surface area contributed by atoms with Gasteiger partial charge in [-0.15, -0.1) is 5.10 Å². The van der Waals surface area contributed by atoms with Gasteiger partial charge in [0.2, 0.25) is 10.0 Å². The molecule has 0 bridgehead atoms. The highest BCUT2D eigenvalue weighted by atomic mass is 32.2. The maximum atomic E-state index is 12.5. The molecule has 3 heterocycles. The first-order valence-corrected chi connectivity index (χ1v) is 9.51. The maximum absolute atomic E-state index is 12.5. The maximum Gasteiger partial charge on any atom is 0.240 e. The van der Waals surface area contributed by atoms with Crippen LogP contribution >= 0.6 is 0 Å². The highest BCUT2D eigenvalue weighted by Gasteiger charge is 2.15. The van der Waals surface area contributed by atoms with Crippen LogP contribution in [0, 0.1) is 0 Å². The molecule has 0 spiro atoms. The fourth-order valence-electron chi connectivity index (χ4n) is 2.45. The first-order chi connectivity index (χ1) is 13.1. The second-order valence-electron chi connectivity index (χ2n) is 5.63. The van der Waals surface area contributed by atoms with E-state index in [1.54, 1.807) is 70.7 Å². The average molecular weight is 381 g/mol. The van der Waals surface area contributed by atoms with Crippen molar-refractivity contribution in [1.29, 1.82) is 0 Å². The van der Waals surface area contributed by atoms with Crippen LogP contribution in [0.25, 0.3) is 11.4 Å². The van der Waals surface area contributed by atoms with Gasteiger partial charge in [0, 0.05) is 24.8 Å². The molecule has 0 aliphatic carbocycles. The smallest absolute Gasteiger partial charge is 0.240 e. The number of hydrogen-bond acceptors (Lipinski definition) is 6. The molecule has 1 aromatic carbocycles. The molecular formula is C17H15N7O2S. The largest absolute Gasteiger partial charge is 0.265 e. The van der Waals surface area contributed by atoms with Gasteiger partial charge >= 0.3 is 0 Å². The average Bonchev–Trinajstić information content (AvgIpc) is 3.40. The molecule has 0 unspecified atom stereocenters. The van der Waals surface area contributed by atoms with Crippen molar-refractivity contribution >= 4 is 10.0 Å². The van der Waals surface area contributed by atoms with E-state index in [0.29, 0.717) is 5.69 Å². The van der Waals surface area contributed by atoms with E-state index in [1.165, 1.54) is 12.1 Å². The zero-order valence-corrected chi connectivity index (χ0v) is 14.9. The number of benzene rings is 1. The van der Waals surface area contributed by atoms with Crippen LogP contribution < -0.4 is 4.72 Å². The van der Waals surface area contributed by atoms with Gasteiger partial charge in [0.15, 0.2) is 0 Å². The zero-order valence-electron chi connectivity index (χ0n) is 14.0. The van der Waals surface area contributed by atoms with E-state index in [0.717, 1.165) is 11.4 Å². The Morgan fingerprint density at radius 3 is 2.37 bits per heavy atom. The van der Waals surface area contributed by atoms with Gasteiger partial charge in [-0.1, -0.05) is 5.21 Å². The summed E-state index contributed by atoms with van der Waals surface area (Å²) in [4.78, 5) is 4.11. The summed E-state index contributed by atoms with van der Waals surface area (Å²) >= 11 is 0. The predicted octanol–water partition coefficient (Wildman–Crippen LogP) is 1.33. The van der Waals surface area contributed by atoms with E-state index in [1.807, 2.05) is 0 Å². The molecule has 0 radical (unpaired) electrons. The Hall–Kier alpha value is -3.37. The van der Waals surface area contributed by atoms with Gasteiger partial charge in [-0.2, -0.15) is 5.10 Å². The fraction of sp³-hybridized carbons (Fsp3) is 0.0588. The van der Waals surface area contributed by atoms with Crippen molar-refractivity contribution in [3.8, 4) is 11.4 Å². The second kappa shape index (κ2) is 7.09. The molecule has 0 aliphatic rings. The number of rotatable bonds is 6. The highest BCUT2D eigenvalue weighted by molar-refractivity contribution is 7.89. The summed E-state index contributed by atoms with van der Waals surface area (Å²) in [6.45, 7) is 0.0360. The second-order valence-corrected chi connectivity index (χ2v) is 7.40. The summed E-state index contributed by atoms with van der Waals surface area (Å²) in [6, 6.07) is 11.8. The SMILES string of the molecule is O=S(=O)(NCc1cn(-c2ccncc2)nn1)c1ccc(-n2cccn2)cc1. The first-order valence-electron chi connectivity index (χ1n) is 8.03. The van der Waals surface area contributed by atoms with Crippen LogP contribution in [-0.4, -0.2) is 38.2 Å². The normalized spacial score (nSPS) is 11.6. The third kappa shape index (κ3) is 3.76. The highest BCUT2D eigenvalue weighted by Crippen LogP contribution is 2.13. The van der Waals surface area contributed by atoms with Crippen molar-refractivity contribution in [2.75, 3.05) is 0 Å². The number of pyridine rings is 1. The Morgan fingerprint density at radius 1 is 0.926 bits per heavy atom. The Labute approximate surface area is 155 Å². The van der Waals surface area contributed by atoms with Crippen LogP contribution in [0.15, 0.2) is 78.3 Å². The van der Waals surface area contributed by atoms with Crippen LogP contribution in [0.2, 0.25) is 0 Å². The number of aromatic nitrogens is 6. The Balaban J connectivity index is 1.45. The fourth-order valence-corrected chi connectivity index (χ4v) is 3.45. The molecular weight excluding hydrogens is 366 g/mol. The van der Waals surface area contributed by atoms with Gasteiger partial charge in [-0.05, 0) is 42.5 Å². The van der Waals surface area contributed by atoms with Crippen LogP contribution in [0.3, 0.4) is 0 Å². The molecule has 0 atom stereocenters. The lowest BCUT2D eigenvalue weighted by Gasteiger charge is -2.06. The number of nitrogens with zero attached hydrogens (tertiary/aromatic N) is 6. The number of nitrogens with one attached hydrogen (secondary N) is 1. The van der Waals surface area contributed by atoms with Gasteiger partial charge in [0.1, 0.15) is 0 Å². The third-order valence-electron chi connectivity index (χ3n) is 3.83. The van der Waals surface area contributed by atoms with Crippen LogP contribution in [-0.2, 0) is 16.6 Å². The van der Waals surface area contributed by atoms with E-state index in [9.17, 15) is 8.42 Å². The minimum atomic E-state index is -3.67. The first kappa shape index (κ1) is 17.1. The van der Waals surface area contributed by atoms with E-state index in [-0.39, 0.29) is 11.4 Å². The number of sulfonamides is 1. The van der Waals surface area contributed by atoms with Gasteiger partial charge < -0.3 is 0 Å². The summed E-state index contributed by atoms with van der Waals surface area (Å²) in [5, 5.41) is 12.1. The molecule has 136 valence electrons. The quantitative estimate of drug-likeness (QED) is 0.540. The van der Waals surface area contributed by atoms with Crippen LogP contribution in [0.4, 0.5) is 0 Å². The monoisotopic (exact) mass is 381 g/mol.